The molecule has 0 amide bonds. The zero-order valence-corrected chi connectivity index (χ0v) is 13.6. The van der Waals surface area contributed by atoms with Gasteiger partial charge in [0.25, 0.3) is 0 Å². The Morgan fingerprint density at radius 1 is 0.846 bits per heavy atom. The van der Waals surface area contributed by atoms with Gasteiger partial charge in [-0.2, -0.15) is 0 Å². The summed E-state index contributed by atoms with van der Waals surface area (Å²) in [4.78, 5) is 10.5. The van der Waals surface area contributed by atoms with E-state index in [0.29, 0.717) is 12.0 Å². The van der Waals surface area contributed by atoms with Gasteiger partial charge >= 0.3 is 5.97 Å². The number of carboxylic acid groups (broad SMARTS) is 1. The Morgan fingerprint density at radius 3 is 1.65 bits per heavy atom. The highest BCUT2D eigenvalue weighted by molar-refractivity contribution is 5.75. The van der Waals surface area contributed by atoms with Gasteiger partial charge in [-0.15, -0.1) is 0 Å². The number of carbonyl (C=O) groups is 1. The molecular weight excluding hydrogens is 350 g/mol. The minimum atomic E-state index is -0.918. The van der Waals surface area contributed by atoms with E-state index in [2.05, 4.69) is 0 Å². The molecule has 0 unspecified atom stereocenters. The maximum absolute atomic E-state index is 12.8. The van der Waals surface area contributed by atoms with Crippen molar-refractivity contribution in [1.82, 2.24) is 0 Å². The minimum absolute atomic E-state index is 0.134. The summed E-state index contributed by atoms with van der Waals surface area (Å²) < 4.78 is 50.5. The Kier molecular flexibility index (Phi) is 5.00. The largest absolute Gasteiger partial charge is 0.481 e. The molecule has 0 aliphatic heterocycles. The van der Waals surface area contributed by atoms with Gasteiger partial charge in [-0.3, -0.25) is 4.79 Å². The van der Waals surface area contributed by atoms with Crippen LogP contribution in [0.2, 0.25) is 0 Å². The second-order valence-electron chi connectivity index (χ2n) is 6.64. The predicted octanol–water partition coefficient (Wildman–Crippen LogP) is 3.93. The molecule has 2 fully saturated rings. The first-order chi connectivity index (χ1) is 12.3. The smallest absolute Gasteiger partial charge is 0.307 e. The average molecular weight is 367 g/mol. The molecule has 4 atom stereocenters. The third kappa shape index (κ3) is 4.04. The molecule has 7 heteroatoms. The number of carboxylic acids is 1. The second kappa shape index (κ2) is 7.07. The van der Waals surface area contributed by atoms with E-state index in [-0.39, 0.29) is 17.9 Å². The van der Waals surface area contributed by atoms with Crippen LogP contribution in [0.25, 0.3) is 0 Å². The SMILES string of the molecule is N[C@@H]1C[C@H]1c1ccc(F)c(F)c1.O=C(O)[C@@H]1C[C@H]1c1ccc(F)c(F)c1. The quantitative estimate of drug-likeness (QED) is 0.808. The van der Waals surface area contributed by atoms with Gasteiger partial charge in [0.05, 0.1) is 5.92 Å². The Labute approximate surface area is 147 Å². The van der Waals surface area contributed by atoms with Crippen molar-refractivity contribution in [3.63, 3.8) is 0 Å². The summed E-state index contributed by atoms with van der Waals surface area (Å²) in [6, 6.07) is 7.64. The first-order valence-corrected chi connectivity index (χ1v) is 8.16. The van der Waals surface area contributed by atoms with Crippen LogP contribution in [0.5, 0.6) is 0 Å². The fourth-order valence-corrected chi connectivity index (χ4v) is 2.92. The number of nitrogens with two attached hydrogens (primary N) is 1. The third-order valence-corrected chi connectivity index (χ3v) is 4.69. The van der Waals surface area contributed by atoms with Gasteiger partial charge in [0.2, 0.25) is 0 Å². The van der Waals surface area contributed by atoms with E-state index in [0.717, 1.165) is 30.2 Å². The molecule has 2 aliphatic carbocycles. The van der Waals surface area contributed by atoms with Crippen molar-refractivity contribution in [2.75, 3.05) is 0 Å². The van der Waals surface area contributed by atoms with Crippen molar-refractivity contribution < 1.29 is 27.5 Å². The molecular formula is C19H17F4NO2. The molecule has 3 nitrogen and oxygen atoms in total. The molecule has 3 N–H and O–H groups in total. The fourth-order valence-electron chi connectivity index (χ4n) is 2.92. The monoisotopic (exact) mass is 367 g/mol. The number of hydrogen-bond acceptors (Lipinski definition) is 2. The summed E-state index contributed by atoms with van der Waals surface area (Å²) in [6.45, 7) is 0. The van der Waals surface area contributed by atoms with Crippen molar-refractivity contribution in [1.29, 1.82) is 0 Å². The lowest BCUT2D eigenvalue weighted by Gasteiger charge is -1.99. The van der Waals surface area contributed by atoms with E-state index in [4.69, 9.17) is 10.8 Å². The maximum atomic E-state index is 12.8. The molecule has 0 bridgehead atoms. The van der Waals surface area contributed by atoms with E-state index in [1.54, 1.807) is 6.07 Å². The summed E-state index contributed by atoms with van der Waals surface area (Å²) in [6.07, 6.45) is 1.39. The lowest BCUT2D eigenvalue weighted by Crippen LogP contribution is -2.01. The number of rotatable bonds is 3. The van der Waals surface area contributed by atoms with Gasteiger partial charge in [0, 0.05) is 12.0 Å². The Bertz CT molecular complexity index is 842. The number of aliphatic carboxylic acids is 1. The molecule has 138 valence electrons. The summed E-state index contributed by atoms with van der Waals surface area (Å²) >= 11 is 0. The molecule has 0 aromatic heterocycles. The number of hydrogen-bond donors (Lipinski definition) is 2. The third-order valence-electron chi connectivity index (χ3n) is 4.69. The van der Waals surface area contributed by atoms with Crippen LogP contribution >= 0.6 is 0 Å². The standard InChI is InChI=1S/C10H8F2O2.C9H9F2N/c11-8-2-1-5(3-9(8)12)6-4-7(6)10(13)14;10-7-2-1-5(3-8(7)11)6-4-9(6)12/h1-3,6-7H,4H2,(H,13,14);1-3,6,9H,4,12H2/t6-,7+;6-,9+/m00/s1. The lowest BCUT2D eigenvalue weighted by molar-refractivity contribution is -0.138. The number of halogens is 4. The first-order valence-electron chi connectivity index (χ1n) is 8.16. The first kappa shape index (κ1) is 18.4. The molecule has 2 aromatic rings. The molecule has 2 saturated carbocycles. The van der Waals surface area contributed by atoms with E-state index >= 15 is 0 Å². The van der Waals surface area contributed by atoms with Crippen molar-refractivity contribution in [3.05, 3.63) is 70.8 Å². The molecule has 2 aromatic carbocycles. The van der Waals surface area contributed by atoms with Crippen LogP contribution in [0.3, 0.4) is 0 Å². The lowest BCUT2D eigenvalue weighted by atomic mass is 10.1. The summed E-state index contributed by atoms with van der Waals surface area (Å²) in [5.41, 5.74) is 6.94. The Balaban J connectivity index is 0.000000152. The second-order valence-corrected chi connectivity index (χ2v) is 6.64. The molecule has 0 radical (unpaired) electrons. The molecule has 2 aliphatic rings. The van der Waals surface area contributed by atoms with Crippen molar-refractivity contribution >= 4 is 5.97 Å². The van der Waals surface area contributed by atoms with Crippen LogP contribution in [0.1, 0.15) is 35.8 Å². The zero-order valence-electron chi connectivity index (χ0n) is 13.6. The highest BCUT2D eigenvalue weighted by atomic mass is 19.2. The molecule has 0 heterocycles. The van der Waals surface area contributed by atoms with E-state index in [1.807, 2.05) is 0 Å². The van der Waals surface area contributed by atoms with Gasteiger partial charge in [0.1, 0.15) is 0 Å². The molecule has 4 rings (SSSR count). The van der Waals surface area contributed by atoms with E-state index in [1.165, 1.54) is 12.1 Å². The van der Waals surface area contributed by atoms with E-state index in [9.17, 15) is 22.4 Å². The van der Waals surface area contributed by atoms with Crippen LogP contribution in [-0.2, 0) is 4.79 Å². The topological polar surface area (TPSA) is 63.3 Å². The zero-order chi connectivity index (χ0) is 19.0. The van der Waals surface area contributed by atoms with Gasteiger partial charge in [0.15, 0.2) is 23.3 Å². The van der Waals surface area contributed by atoms with Crippen LogP contribution in [0, 0.1) is 29.2 Å². The fraction of sp³-hybridized carbons (Fsp3) is 0.316. The summed E-state index contributed by atoms with van der Waals surface area (Å²) in [7, 11) is 0. The van der Waals surface area contributed by atoms with Gasteiger partial charge in [-0.25, -0.2) is 17.6 Å². The van der Waals surface area contributed by atoms with Crippen LogP contribution in [-0.4, -0.2) is 17.1 Å². The normalized spacial score (nSPS) is 25.9. The van der Waals surface area contributed by atoms with Crippen LogP contribution in [0.15, 0.2) is 36.4 Å². The highest BCUT2D eigenvalue weighted by Crippen LogP contribution is 2.47. The van der Waals surface area contributed by atoms with Gasteiger partial charge in [-0.1, -0.05) is 12.1 Å². The maximum Gasteiger partial charge on any atom is 0.307 e. The predicted molar refractivity (Wildman–Crippen MR) is 86.5 cm³/mol. The van der Waals surface area contributed by atoms with Crippen molar-refractivity contribution in [3.8, 4) is 0 Å². The summed E-state index contributed by atoms with van der Waals surface area (Å²) in [5.74, 6) is -4.62. The molecule has 0 spiro atoms. The average Bonchev–Trinajstić information content (AvgIpc) is 3.49. The summed E-state index contributed by atoms with van der Waals surface area (Å²) in [5, 5.41) is 8.64. The van der Waals surface area contributed by atoms with Gasteiger partial charge in [-0.05, 0) is 54.2 Å². The van der Waals surface area contributed by atoms with Crippen molar-refractivity contribution in [2.45, 2.75) is 30.7 Å². The number of benzene rings is 2. The molecule has 0 saturated heterocycles. The highest BCUT2D eigenvalue weighted by Gasteiger charge is 2.44. The van der Waals surface area contributed by atoms with E-state index < -0.39 is 35.2 Å². The van der Waals surface area contributed by atoms with Crippen molar-refractivity contribution in [2.24, 2.45) is 11.7 Å². The van der Waals surface area contributed by atoms with Crippen LogP contribution in [0.4, 0.5) is 17.6 Å². The molecule has 26 heavy (non-hydrogen) atoms. The Hall–Kier alpha value is -2.41. The van der Waals surface area contributed by atoms with Gasteiger partial charge < -0.3 is 10.8 Å². The minimum Gasteiger partial charge on any atom is -0.481 e. The van der Waals surface area contributed by atoms with Crippen LogP contribution < -0.4 is 5.73 Å². The Morgan fingerprint density at radius 2 is 1.31 bits per heavy atom.